The second kappa shape index (κ2) is 5.15. The first-order chi connectivity index (χ1) is 9.68. The Morgan fingerprint density at radius 3 is 2.90 bits per heavy atom. The zero-order chi connectivity index (χ0) is 14.1. The first-order valence-electron chi connectivity index (χ1n) is 7.10. The van der Waals surface area contributed by atoms with Crippen molar-refractivity contribution < 1.29 is 4.79 Å². The third kappa shape index (κ3) is 2.13. The first kappa shape index (κ1) is 13.0. The molecular formula is C15H20N4O. The van der Waals surface area contributed by atoms with Gasteiger partial charge in [-0.25, -0.2) is 0 Å². The number of aryl methyl sites for hydroxylation is 2. The van der Waals surface area contributed by atoms with Gasteiger partial charge in [0.25, 0.3) is 5.91 Å². The van der Waals surface area contributed by atoms with Crippen molar-refractivity contribution in [3.8, 4) is 0 Å². The van der Waals surface area contributed by atoms with E-state index in [2.05, 4.69) is 10.1 Å². The summed E-state index contributed by atoms with van der Waals surface area (Å²) in [5, 5.41) is 4.24. The van der Waals surface area contributed by atoms with Crippen LogP contribution in [-0.4, -0.2) is 32.1 Å². The molecule has 0 aromatic carbocycles. The number of aromatic amines is 1. The van der Waals surface area contributed by atoms with Gasteiger partial charge in [0.1, 0.15) is 0 Å². The van der Waals surface area contributed by atoms with Crippen LogP contribution in [0.2, 0.25) is 0 Å². The van der Waals surface area contributed by atoms with Gasteiger partial charge in [0.2, 0.25) is 0 Å². The lowest BCUT2D eigenvalue weighted by Crippen LogP contribution is -2.39. The Balaban J connectivity index is 1.92. The van der Waals surface area contributed by atoms with E-state index in [1.165, 1.54) is 0 Å². The Morgan fingerprint density at radius 2 is 2.25 bits per heavy atom. The highest BCUT2D eigenvalue weighted by Gasteiger charge is 2.31. The topological polar surface area (TPSA) is 53.9 Å². The van der Waals surface area contributed by atoms with E-state index in [0.29, 0.717) is 0 Å². The molecule has 1 N–H and O–H groups in total. The van der Waals surface area contributed by atoms with Gasteiger partial charge in [-0.3, -0.25) is 9.48 Å². The minimum absolute atomic E-state index is 0.120. The van der Waals surface area contributed by atoms with Gasteiger partial charge in [-0.2, -0.15) is 5.10 Å². The number of aromatic nitrogens is 3. The molecule has 3 heterocycles. The van der Waals surface area contributed by atoms with Crippen molar-refractivity contribution in [1.82, 2.24) is 19.7 Å². The van der Waals surface area contributed by atoms with Crippen LogP contribution in [0.15, 0.2) is 24.7 Å². The summed E-state index contributed by atoms with van der Waals surface area (Å²) < 4.78 is 1.88. The van der Waals surface area contributed by atoms with Gasteiger partial charge in [-0.1, -0.05) is 0 Å². The van der Waals surface area contributed by atoms with Crippen LogP contribution in [0.25, 0.3) is 0 Å². The zero-order valence-corrected chi connectivity index (χ0v) is 12.0. The van der Waals surface area contributed by atoms with E-state index in [1.54, 1.807) is 12.4 Å². The summed E-state index contributed by atoms with van der Waals surface area (Å²) in [6.07, 6.45) is 8.71. The van der Waals surface area contributed by atoms with E-state index < -0.39 is 0 Å². The number of piperidine rings is 1. The van der Waals surface area contributed by atoms with Crippen molar-refractivity contribution >= 4 is 5.91 Å². The SMILES string of the molecule is Cc1c[nH]cc1C(=O)N1CCCCC1c1ccnn1C. The molecule has 1 saturated heterocycles. The van der Waals surface area contributed by atoms with Gasteiger partial charge in [-0.15, -0.1) is 0 Å². The summed E-state index contributed by atoms with van der Waals surface area (Å²) >= 11 is 0. The maximum atomic E-state index is 12.8. The summed E-state index contributed by atoms with van der Waals surface area (Å²) in [7, 11) is 1.94. The average Bonchev–Trinajstić information content (AvgIpc) is 3.06. The molecule has 5 heteroatoms. The average molecular weight is 272 g/mol. The van der Waals surface area contributed by atoms with Crippen molar-refractivity contribution in [3.05, 3.63) is 41.5 Å². The number of likely N-dealkylation sites (tertiary alicyclic amines) is 1. The minimum Gasteiger partial charge on any atom is -0.367 e. The van der Waals surface area contributed by atoms with Gasteiger partial charge in [0, 0.05) is 32.2 Å². The second-order valence-electron chi connectivity index (χ2n) is 5.44. The molecule has 1 atom stereocenters. The van der Waals surface area contributed by atoms with Crippen LogP contribution in [0, 0.1) is 6.92 Å². The number of amides is 1. The van der Waals surface area contributed by atoms with Crippen LogP contribution >= 0.6 is 0 Å². The molecule has 1 amide bonds. The molecule has 1 aliphatic heterocycles. The molecule has 1 fully saturated rings. The lowest BCUT2D eigenvalue weighted by atomic mass is 9.98. The fourth-order valence-electron chi connectivity index (χ4n) is 3.02. The van der Waals surface area contributed by atoms with E-state index in [9.17, 15) is 4.79 Å². The Morgan fingerprint density at radius 1 is 1.40 bits per heavy atom. The molecular weight excluding hydrogens is 252 g/mol. The quantitative estimate of drug-likeness (QED) is 0.912. The van der Waals surface area contributed by atoms with Crippen molar-refractivity contribution in [2.75, 3.05) is 6.54 Å². The van der Waals surface area contributed by atoms with Gasteiger partial charge in [0.05, 0.1) is 17.3 Å². The van der Waals surface area contributed by atoms with Gasteiger partial charge in [0.15, 0.2) is 0 Å². The number of nitrogens with one attached hydrogen (secondary N) is 1. The van der Waals surface area contributed by atoms with Crippen LogP contribution in [0.4, 0.5) is 0 Å². The second-order valence-corrected chi connectivity index (χ2v) is 5.44. The number of H-pyrrole nitrogens is 1. The predicted molar refractivity (Wildman–Crippen MR) is 76.4 cm³/mol. The Hall–Kier alpha value is -2.04. The summed E-state index contributed by atoms with van der Waals surface area (Å²) in [5.74, 6) is 0.120. The largest absolute Gasteiger partial charge is 0.367 e. The zero-order valence-electron chi connectivity index (χ0n) is 12.0. The van der Waals surface area contributed by atoms with E-state index in [4.69, 9.17) is 0 Å². The maximum Gasteiger partial charge on any atom is 0.256 e. The molecule has 0 spiro atoms. The molecule has 0 saturated carbocycles. The van der Waals surface area contributed by atoms with E-state index in [1.807, 2.05) is 35.8 Å². The van der Waals surface area contributed by atoms with Crippen LogP contribution in [0.1, 0.15) is 46.9 Å². The molecule has 0 radical (unpaired) electrons. The monoisotopic (exact) mass is 272 g/mol. The van der Waals surface area contributed by atoms with Crippen molar-refractivity contribution in [3.63, 3.8) is 0 Å². The number of carbonyl (C=O) groups is 1. The van der Waals surface area contributed by atoms with Crippen LogP contribution < -0.4 is 0 Å². The molecule has 0 aliphatic carbocycles. The van der Waals surface area contributed by atoms with E-state index in [0.717, 1.165) is 42.6 Å². The van der Waals surface area contributed by atoms with Crippen molar-refractivity contribution in [2.45, 2.75) is 32.2 Å². The van der Waals surface area contributed by atoms with Crippen LogP contribution in [0.5, 0.6) is 0 Å². The molecule has 0 bridgehead atoms. The number of nitrogens with zero attached hydrogens (tertiary/aromatic N) is 3. The lowest BCUT2D eigenvalue weighted by Gasteiger charge is -2.35. The molecule has 1 unspecified atom stereocenters. The fraction of sp³-hybridized carbons (Fsp3) is 0.467. The molecule has 106 valence electrons. The normalized spacial score (nSPS) is 19.3. The molecule has 2 aromatic rings. The maximum absolute atomic E-state index is 12.8. The molecule has 1 aliphatic rings. The highest BCUT2D eigenvalue weighted by molar-refractivity contribution is 5.95. The van der Waals surface area contributed by atoms with Gasteiger partial charge >= 0.3 is 0 Å². The standard InChI is InChI=1S/C15H20N4O/c1-11-9-16-10-12(11)15(20)19-8-4-3-5-14(19)13-6-7-17-18(13)2/h6-7,9-10,14,16H,3-5,8H2,1-2H3. The highest BCUT2D eigenvalue weighted by Crippen LogP contribution is 2.32. The fourth-order valence-corrected chi connectivity index (χ4v) is 3.02. The summed E-state index contributed by atoms with van der Waals surface area (Å²) in [4.78, 5) is 17.8. The van der Waals surface area contributed by atoms with Gasteiger partial charge < -0.3 is 9.88 Å². The van der Waals surface area contributed by atoms with Crippen molar-refractivity contribution in [1.29, 1.82) is 0 Å². The lowest BCUT2D eigenvalue weighted by molar-refractivity contribution is 0.0600. The first-order valence-corrected chi connectivity index (χ1v) is 7.10. The third-order valence-corrected chi connectivity index (χ3v) is 4.15. The summed E-state index contributed by atoms with van der Waals surface area (Å²) in [6, 6.07) is 2.15. The minimum atomic E-state index is 0.120. The molecule has 2 aromatic heterocycles. The number of rotatable bonds is 2. The van der Waals surface area contributed by atoms with Crippen LogP contribution in [-0.2, 0) is 7.05 Å². The molecule has 20 heavy (non-hydrogen) atoms. The number of hydrogen-bond acceptors (Lipinski definition) is 2. The van der Waals surface area contributed by atoms with Crippen molar-refractivity contribution in [2.24, 2.45) is 7.05 Å². The number of carbonyl (C=O) groups excluding carboxylic acids is 1. The summed E-state index contributed by atoms with van der Waals surface area (Å²) in [6.45, 7) is 2.78. The van der Waals surface area contributed by atoms with Crippen LogP contribution in [0.3, 0.4) is 0 Å². The van der Waals surface area contributed by atoms with E-state index in [-0.39, 0.29) is 11.9 Å². The Kier molecular flexibility index (Phi) is 3.34. The Bertz CT molecular complexity index is 613. The summed E-state index contributed by atoms with van der Waals surface area (Å²) in [5.41, 5.74) is 2.90. The highest BCUT2D eigenvalue weighted by atomic mass is 16.2. The smallest absolute Gasteiger partial charge is 0.256 e. The number of hydrogen-bond donors (Lipinski definition) is 1. The van der Waals surface area contributed by atoms with E-state index >= 15 is 0 Å². The molecule has 3 rings (SSSR count). The van der Waals surface area contributed by atoms with Gasteiger partial charge in [-0.05, 0) is 37.8 Å². The molecule has 5 nitrogen and oxygen atoms in total. The predicted octanol–water partition coefficient (Wildman–Crippen LogP) is 2.42. The third-order valence-electron chi connectivity index (χ3n) is 4.15. The Labute approximate surface area is 118 Å².